The van der Waals surface area contributed by atoms with Gasteiger partial charge in [0.2, 0.25) is 0 Å². The standard InChI is InChI=1S/C26H37F2N7OS.C2H6/c1-30-24-19(9-10-22(33-24)35-12-5-3-2-4-6-13-35)23(29)20-15-32-26(37-20)25(36)31-14-18-8-7-11-34(16-18)17-21(27)28;1-2/h9-10,15,18,21,29H,2-8,11-14,16-17H2,1H3,(H,30,33)(H,31,36);1-2H3. The van der Waals surface area contributed by atoms with Crippen molar-refractivity contribution in [3.63, 3.8) is 0 Å². The van der Waals surface area contributed by atoms with Crippen molar-refractivity contribution in [1.82, 2.24) is 20.2 Å². The molecule has 2 aliphatic rings. The van der Waals surface area contributed by atoms with Crippen LogP contribution in [0.3, 0.4) is 0 Å². The number of nitrogens with one attached hydrogen (secondary N) is 3. The van der Waals surface area contributed by atoms with E-state index in [1.807, 2.05) is 26.0 Å². The van der Waals surface area contributed by atoms with E-state index in [1.165, 1.54) is 30.6 Å². The Bertz CT molecular complexity index is 1060. The van der Waals surface area contributed by atoms with Gasteiger partial charge in [-0.2, -0.15) is 0 Å². The highest BCUT2D eigenvalue weighted by Gasteiger charge is 2.24. The number of hydrogen-bond donors (Lipinski definition) is 3. The topological polar surface area (TPSA) is 97.2 Å². The number of rotatable bonds is 9. The van der Waals surface area contributed by atoms with Crippen molar-refractivity contribution in [1.29, 1.82) is 5.41 Å². The Morgan fingerprint density at radius 1 is 1.13 bits per heavy atom. The minimum atomic E-state index is -2.34. The second-order valence-corrected chi connectivity index (χ2v) is 10.9. The van der Waals surface area contributed by atoms with E-state index < -0.39 is 6.43 Å². The molecule has 0 aliphatic carbocycles. The molecule has 1 amide bonds. The van der Waals surface area contributed by atoms with Gasteiger partial charge in [-0.1, -0.05) is 33.1 Å². The van der Waals surface area contributed by atoms with E-state index in [1.54, 1.807) is 18.1 Å². The Balaban J connectivity index is 0.00000205. The van der Waals surface area contributed by atoms with Crippen molar-refractivity contribution in [2.75, 3.05) is 56.5 Å². The lowest BCUT2D eigenvalue weighted by atomic mass is 9.98. The third-order valence-corrected chi connectivity index (χ3v) is 8.08. The van der Waals surface area contributed by atoms with Crippen LogP contribution in [0.5, 0.6) is 0 Å². The molecule has 1 atom stereocenters. The molecule has 0 saturated carbocycles. The monoisotopic (exact) mass is 563 g/mol. The van der Waals surface area contributed by atoms with Gasteiger partial charge in [-0.05, 0) is 50.3 Å². The minimum absolute atomic E-state index is 0.144. The first-order valence-corrected chi connectivity index (χ1v) is 15.0. The second-order valence-electron chi connectivity index (χ2n) is 9.84. The van der Waals surface area contributed by atoms with E-state index in [9.17, 15) is 13.6 Å². The lowest BCUT2D eigenvalue weighted by molar-refractivity contribution is 0.0636. The van der Waals surface area contributed by atoms with Gasteiger partial charge in [0.05, 0.1) is 17.1 Å². The molecule has 0 bridgehead atoms. The lowest BCUT2D eigenvalue weighted by Crippen LogP contribution is -2.42. The third kappa shape index (κ3) is 8.93. The average Bonchev–Trinajstić information content (AvgIpc) is 3.42. The molecule has 2 fully saturated rings. The van der Waals surface area contributed by atoms with Crippen molar-refractivity contribution >= 4 is 34.6 Å². The van der Waals surface area contributed by atoms with E-state index in [0.29, 0.717) is 35.9 Å². The van der Waals surface area contributed by atoms with Crippen molar-refractivity contribution in [2.45, 2.75) is 65.2 Å². The number of carbonyl (C=O) groups is 1. The van der Waals surface area contributed by atoms with Gasteiger partial charge in [0, 0.05) is 45.0 Å². The van der Waals surface area contributed by atoms with Crippen LogP contribution in [0.4, 0.5) is 20.4 Å². The van der Waals surface area contributed by atoms with Gasteiger partial charge in [-0.25, -0.2) is 18.7 Å². The molecule has 2 aromatic rings. The number of nitrogens with zero attached hydrogens (tertiary/aromatic N) is 4. The molecule has 0 aromatic carbocycles. The molecular formula is C28H43F2N7OS. The normalized spacial score (nSPS) is 18.5. The predicted octanol–water partition coefficient (Wildman–Crippen LogP) is 5.50. The van der Waals surface area contributed by atoms with Crippen molar-refractivity contribution < 1.29 is 13.6 Å². The maximum atomic E-state index is 12.7. The van der Waals surface area contributed by atoms with Crippen molar-refractivity contribution in [3.8, 4) is 0 Å². The summed E-state index contributed by atoms with van der Waals surface area (Å²) in [7, 11) is 1.80. The predicted molar refractivity (Wildman–Crippen MR) is 156 cm³/mol. The number of amides is 1. The van der Waals surface area contributed by atoms with Crippen molar-refractivity contribution in [3.05, 3.63) is 33.8 Å². The van der Waals surface area contributed by atoms with Crippen molar-refractivity contribution in [2.24, 2.45) is 5.92 Å². The molecule has 0 radical (unpaired) electrons. The fraction of sp³-hybridized carbons (Fsp3) is 0.643. The van der Waals surface area contributed by atoms with Gasteiger partial charge in [0.15, 0.2) is 5.01 Å². The molecule has 39 heavy (non-hydrogen) atoms. The van der Waals surface area contributed by atoms with E-state index in [4.69, 9.17) is 10.4 Å². The number of piperidine rings is 1. The molecule has 4 heterocycles. The fourth-order valence-electron chi connectivity index (χ4n) is 5.11. The van der Waals surface area contributed by atoms with Crippen LogP contribution >= 0.6 is 11.3 Å². The summed E-state index contributed by atoms with van der Waals surface area (Å²) in [5.41, 5.74) is 0.928. The average molecular weight is 564 g/mol. The molecule has 0 spiro atoms. The highest BCUT2D eigenvalue weighted by molar-refractivity contribution is 7.15. The number of halogens is 2. The zero-order valence-corrected chi connectivity index (χ0v) is 24.3. The van der Waals surface area contributed by atoms with E-state index in [2.05, 4.69) is 20.5 Å². The summed E-state index contributed by atoms with van der Waals surface area (Å²) in [6, 6.07) is 3.89. The van der Waals surface area contributed by atoms with Crippen LogP contribution in [-0.2, 0) is 0 Å². The van der Waals surface area contributed by atoms with Gasteiger partial charge in [0.1, 0.15) is 11.6 Å². The molecular weight excluding hydrogens is 520 g/mol. The lowest BCUT2D eigenvalue weighted by Gasteiger charge is -2.32. The second kappa shape index (κ2) is 15.8. The minimum Gasteiger partial charge on any atom is -0.373 e. The Morgan fingerprint density at radius 3 is 2.54 bits per heavy atom. The van der Waals surface area contributed by atoms with Crippen LogP contribution in [0.25, 0.3) is 0 Å². The molecule has 216 valence electrons. The Kier molecular flexibility index (Phi) is 12.5. The molecule has 4 rings (SSSR count). The summed E-state index contributed by atoms with van der Waals surface area (Å²) < 4.78 is 25.4. The third-order valence-electron chi connectivity index (χ3n) is 7.06. The number of thiazole rings is 1. The Labute approximate surface area is 235 Å². The van der Waals surface area contributed by atoms with Gasteiger partial charge in [-0.15, -0.1) is 11.3 Å². The quantitative estimate of drug-likeness (QED) is 0.349. The first-order valence-electron chi connectivity index (χ1n) is 14.2. The number of pyridine rings is 1. The van der Waals surface area contributed by atoms with E-state index >= 15 is 0 Å². The molecule has 2 aromatic heterocycles. The maximum absolute atomic E-state index is 12.7. The van der Waals surface area contributed by atoms with Gasteiger partial charge < -0.3 is 15.5 Å². The fourth-order valence-corrected chi connectivity index (χ4v) is 5.91. The highest BCUT2D eigenvalue weighted by atomic mass is 32.1. The van der Waals surface area contributed by atoms with Crippen LogP contribution in [0.1, 0.15) is 79.0 Å². The number of aromatic nitrogens is 2. The van der Waals surface area contributed by atoms with Gasteiger partial charge in [-0.3, -0.25) is 15.1 Å². The summed E-state index contributed by atoms with van der Waals surface area (Å²) in [4.78, 5) is 26.5. The first-order chi connectivity index (χ1) is 18.9. The maximum Gasteiger partial charge on any atom is 0.280 e. The van der Waals surface area contributed by atoms with Crippen LogP contribution in [0, 0.1) is 11.3 Å². The van der Waals surface area contributed by atoms with Crippen LogP contribution < -0.4 is 15.5 Å². The molecule has 11 heteroatoms. The number of likely N-dealkylation sites (tertiary alicyclic amines) is 1. The SMILES string of the molecule is CC.CNc1nc(N2CCCCCCC2)ccc1C(=N)c1cnc(C(=O)NCC2CCCN(CC(F)F)C2)s1. The first kappa shape index (κ1) is 30.9. The summed E-state index contributed by atoms with van der Waals surface area (Å²) in [5.74, 6) is 1.40. The zero-order valence-electron chi connectivity index (χ0n) is 23.4. The Morgan fingerprint density at radius 2 is 1.85 bits per heavy atom. The van der Waals surface area contributed by atoms with Crippen LogP contribution in [0.15, 0.2) is 18.3 Å². The summed E-state index contributed by atoms with van der Waals surface area (Å²) in [6.45, 7) is 7.43. The summed E-state index contributed by atoms with van der Waals surface area (Å²) in [5, 5.41) is 15.1. The molecule has 3 N–H and O–H groups in total. The number of carbonyl (C=O) groups excluding carboxylic acids is 1. The Hall–Kier alpha value is -2.66. The number of hydrogen-bond acceptors (Lipinski definition) is 8. The zero-order chi connectivity index (χ0) is 28.2. The molecule has 8 nitrogen and oxygen atoms in total. The highest BCUT2D eigenvalue weighted by Crippen LogP contribution is 2.26. The van der Waals surface area contributed by atoms with E-state index in [-0.39, 0.29) is 29.1 Å². The van der Waals surface area contributed by atoms with E-state index in [0.717, 1.165) is 44.6 Å². The number of alkyl halides is 2. The number of anilines is 2. The smallest absolute Gasteiger partial charge is 0.280 e. The largest absolute Gasteiger partial charge is 0.373 e. The van der Waals surface area contributed by atoms with Crippen LogP contribution in [0.2, 0.25) is 0 Å². The molecule has 2 aliphatic heterocycles. The molecule has 2 saturated heterocycles. The summed E-state index contributed by atoms with van der Waals surface area (Å²) in [6.07, 6.45) is 7.08. The van der Waals surface area contributed by atoms with Gasteiger partial charge in [0.25, 0.3) is 12.3 Å². The summed E-state index contributed by atoms with van der Waals surface area (Å²) >= 11 is 1.17. The van der Waals surface area contributed by atoms with Gasteiger partial charge >= 0.3 is 0 Å². The molecule has 1 unspecified atom stereocenters. The van der Waals surface area contributed by atoms with Crippen LogP contribution in [-0.4, -0.2) is 79.2 Å².